The van der Waals surface area contributed by atoms with Crippen LogP contribution in [0.1, 0.15) is 30.7 Å². The molecule has 6 nitrogen and oxygen atoms in total. The number of benzene rings is 2. The van der Waals surface area contributed by atoms with Crippen molar-refractivity contribution >= 4 is 16.6 Å². The van der Waals surface area contributed by atoms with Gasteiger partial charge in [0.2, 0.25) is 0 Å². The molecule has 6 rings (SSSR count). The topological polar surface area (TPSA) is 55.8 Å². The van der Waals surface area contributed by atoms with Crippen LogP contribution in [0.4, 0.5) is 0 Å². The summed E-state index contributed by atoms with van der Waals surface area (Å²) >= 11 is 0. The third-order valence-electron chi connectivity index (χ3n) is 6.56. The number of furan rings is 1. The van der Waals surface area contributed by atoms with Crippen molar-refractivity contribution in [2.45, 2.75) is 25.7 Å². The van der Waals surface area contributed by atoms with Crippen LogP contribution in [0.5, 0.6) is 5.75 Å². The van der Waals surface area contributed by atoms with Gasteiger partial charge in [0, 0.05) is 23.9 Å². The number of rotatable bonds is 7. The quantitative estimate of drug-likeness (QED) is 0.322. The van der Waals surface area contributed by atoms with E-state index in [2.05, 4.69) is 35.2 Å². The van der Waals surface area contributed by atoms with Gasteiger partial charge in [-0.05, 0) is 80.0 Å². The van der Waals surface area contributed by atoms with E-state index < -0.39 is 0 Å². The molecule has 34 heavy (non-hydrogen) atoms. The molecule has 0 amide bonds. The highest BCUT2D eigenvalue weighted by Crippen LogP contribution is 2.26. The van der Waals surface area contributed by atoms with E-state index in [0.29, 0.717) is 6.42 Å². The molecule has 2 aromatic carbocycles. The maximum atomic E-state index is 5.97. The first kappa shape index (κ1) is 20.9. The molecule has 0 aliphatic carbocycles. The zero-order valence-electron chi connectivity index (χ0n) is 19.2. The maximum absolute atomic E-state index is 5.97. The van der Waals surface area contributed by atoms with E-state index in [0.717, 1.165) is 52.6 Å². The van der Waals surface area contributed by atoms with Crippen LogP contribution in [0, 0.1) is 0 Å². The van der Waals surface area contributed by atoms with Crippen molar-refractivity contribution in [2.75, 3.05) is 26.2 Å². The second-order valence-electron chi connectivity index (χ2n) is 8.95. The Hall–Kier alpha value is -3.64. The molecule has 1 fully saturated rings. The lowest BCUT2D eigenvalue weighted by atomic mass is 10.1. The van der Waals surface area contributed by atoms with Gasteiger partial charge >= 0.3 is 0 Å². The number of hydrogen-bond acceptors (Lipinski definition) is 5. The molecule has 1 aliphatic rings. The van der Waals surface area contributed by atoms with Crippen LogP contribution in [0.25, 0.3) is 27.9 Å². The van der Waals surface area contributed by atoms with Crippen molar-refractivity contribution in [3.05, 3.63) is 84.4 Å². The molecule has 1 aliphatic heterocycles. The summed E-state index contributed by atoms with van der Waals surface area (Å²) in [6.07, 6.45) is 6.38. The van der Waals surface area contributed by atoms with Gasteiger partial charge in [-0.25, -0.2) is 9.50 Å². The summed E-state index contributed by atoms with van der Waals surface area (Å²) in [5.41, 5.74) is 4.99. The Bertz CT molecular complexity index is 1400. The minimum absolute atomic E-state index is 0.677. The van der Waals surface area contributed by atoms with E-state index in [4.69, 9.17) is 19.2 Å². The predicted molar refractivity (Wildman–Crippen MR) is 133 cm³/mol. The Kier molecular flexibility index (Phi) is 5.73. The first-order valence-electron chi connectivity index (χ1n) is 12.1. The first-order chi connectivity index (χ1) is 16.8. The van der Waals surface area contributed by atoms with E-state index >= 15 is 0 Å². The van der Waals surface area contributed by atoms with E-state index in [1.165, 1.54) is 37.9 Å². The van der Waals surface area contributed by atoms with Gasteiger partial charge in [0.1, 0.15) is 17.9 Å². The Balaban J connectivity index is 1.15. The molecule has 172 valence electrons. The molecule has 0 radical (unpaired) electrons. The minimum atomic E-state index is 0.677. The zero-order valence-corrected chi connectivity index (χ0v) is 19.2. The van der Waals surface area contributed by atoms with Gasteiger partial charge in [-0.15, -0.1) is 0 Å². The lowest BCUT2D eigenvalue weighted by Crippen LogP contribution is -2.33. The lowest BCUT2D eigenvalue weighted by Gasteiger charge is -2.26. The maximum Gasteiger partial charge on any atom is 0.156 e. The van der Waals surface area contributed by atoms with E-state index in [1.54, 1.807) is 6.26 Å². The Morgan fingerprint density at radius 3 is 2.68 bits per heavy atom. The third-order valence-corrected chi connectivity index (χ3v) is 6.56. The molecular weight excluding hydrogens is 424 g/mol. The van der Waals surface area contributed by atoms with Crippen molar-refractivity contribution in [1.29, 1.82) is 0 Å². The Labute approximate surface area is 198 Å². The fourth-order valence-electron chi connectivity index (χ4n) is 4.73. The summed E-state index contributed by atoms with van der Waals surface area (Å²) in [6, 6.07) is 22.6. The molecule has 6 heteroatoms. The second kappa shape index (κ2) is 9.31. The van der Waals surface area contributed by atoms with Gasteiger partial charge in [-0.3, -0.25) is 4.90 Å². The number of nitrogens with zero attached hydrogens (tertiary/aromatic N) is 4. The monoisotopic (exact) mass is 452 g/mol. The summed E-state index contributed by atoms with van der Waals surface area (Å²) in [7, 11) is 0. The second-order valence-corrected chi connectivity index (χ2v) is 8.95. The van der Waals surface area contributed by atoms with Crippen LogP contribution in [0.3, 0.4) is 0 Å². The fraction of sp³-hybridized carbons (Fsp3) is 0.286. The van der Waals surface area contributed by atoms with Gasteiger partial charge < -0.3 is 9.15 Å². The van der Waals surface area contributed by atoms with E-state index in [1.807, 2.05) is 40.9 Å². The first-order valence-corrected chi connectivity index (χ1v) is 12.1. The molecule has 4 heterocycles. The standard InChI is InChI=1S/C28H28N4O2/c1-2-14-31(15-3-1)16-18-33-24-10-7-21(8-11-24)19-27-29-28-6-4-5-25(32(28)30-27)22-9-12-26-23(20-22)13-17-34-26/h4-13,17,20H,1-3,14-16,18-19H2. The Morgan fingerprint density at radius 1 is 0.912 bits per heavy atom. The molecule has 3 aromatic heterocycles. The molecular formula is C28H28N4O2. The molecule has 0 saturated carbocycles. The van der Waals surface area contributed by atoms with Crippen molar-refractivity contribution in [3.8, 4) is 17.0 Å². The highest BCUT2D eigenvalue weighted by atomic mass is 16.5. The van der Waals surface area contributed by atoms with E-state index in [9.17, 15) is 0 Å². The van der Waals surface area contributed by atoms with Crippen LogP contribution in [0.2, 0.25) is 0 Å². The molecule has 0 N–H and O–H groups in total. The van der Waals surface area contributed by atoms with E-state index in [-0.39, 0.29) is 0 Å². The van der Waals surface area contributed by atoms with Crippen LogP contribution in [-0.2, 0) is 6.42 Å². The summed E-state index contributed by atoms with van der Waals surface area (Å²) in [5.74, 6) is 1.72. The minimum Gasteiger partial charge on any atom is -0.492 e. The fourth-order valence-corrected chi connectivity index (χ4v) is 4.73. The predicted octanol–water partition coefficient (Wildman–Crippen LogP) is 5.60. The molecule has 0 atom stereocenters. The van der Waals surface area contributed by atoms with Gasteiger partial charge in [-0.1, -0.05) is 24.6 Å². The SMILES string of the molecule is c1cc(-c2ccc3occc3c2)n2nc(Cc3ccc(OCCN4CCCCC4)cc3)nc2c1. The van der Waals surface area contributed by atoms with Gasteiger partial charge in [0.15, 0.2) is 11.5 Å². The number of pyridine rings is 1. The average Bonchev–Trinajstić information content (AvgIpc) is 3.51. The summed E-state index contributed by atoms with van der Waals surface area (Å²) in [4.78, 5) is 7.26. The normalized spacial score (nSPS) is 14.7. The molecule has 0 bridgehead atoms. The summed E-state index contributed by atoms with van der Waals surface area (Å²) in [6.45, 7) is 4.14. The average molecular weight is 453 g/mol. The van der Waals surface area contributed by atoms with Gasteiger partial charge in [0.05, 0.1) is 12.0 Å². The number of fused-ring (bicyclic) bond motifs is 2. The number of hydrogen-bond donors (Lipinski definition) is 0. The van der Waals surface area contributed by atoms with Crippen LogP contribution in [-0.4, -0.2) is 45.7 Å². The summed E-state index contributed by atoms with van der Waals surface area (Å²) in [5, 5.41) is 5.90. The van der Waals surface area contributed by atoms with Crippen molar-refractivity contribution in [1.82, 2.24) is 19.5 Å². The highest BCUT2D eigenvalue weighted by molar-refractivity contribution is 5.83. The smallest absolute Gasteiger partial charge is 0.156 e. The van der Waals surface area contributed by atoms with Crippen molar-refractivity contribution < 1.29 is 9.15 Å². The molecule has 5 aromatic rings. The number of aromatic nitrogens is 3. The Morgan fingerprint density at radius 2 is 1.79 bits per heavy atom. The lowest BCUT2D eigenvalue weighted by molar-refractivity contribution is 0.183. The van der Waals surface area contributed by atoms with Crippen molar-refractivity contribution in [3.63, 3.8) is 0 Å². The molecule has 1 saturated heterocycles. The number of ether oxygens (including phenoxy) is 1. The zero-order chi connectivity index (χ0) is 22.7. The number of likely N-dealkylation sites (tertiary alicyclic amines) is 1. The van der Waals surface area contributed by atoms with Crippen LogP contribution in [0.15, 0.2) is 77.4 Å². The van der Waals surface area contributed by atoms with Gasteiger partial charge in [0.25, 0.3) is 0 Å². The van der Waals surface area contributed by atoms with Crippen LogP contribution >= 0.6 is 0 Å². The largest absolute Gasteiger partial charge is 0.492 e. The third kappa shape index (κ3) is 4.41. The van der Waals surface area contributed by atoms with Crippen molar-refractivity contribution in [2.24, 2.45) is 0 Å². The van der Waals surface area contributed by atoms with Gasteiger partial charge in [-0.2, -0.15) is 5.10 Å². The molecule has 0 unspecified atom stereocenters. The highest BCUT2D eigenvalue weighted by Gasteiger charge is 2.12. The number of piperidine rings is 1. The van der Waals surface area contributed by atoms with Crippen LogP contribution < -0.4 is 4.74 Å². The summed E-state index contributed by atoms with van der Waals surface area (Å²) < 4.78 is 13.4. The molecule has 0 spiro atoms.